The summed E-state index contributed by atoms with van der Waals surface area (Å²) in [6.45, 7) is 6.76. The largest absolute Gasteiger partial charge is 0.335 e. The number of rotatable bonds is 4. The van der Waals surface area contributed by atoms with Crippen molar-refractivity contribution in [3.8, 4) is 11.3 Å². The maximum atomic E-state index is 4.69. The second-order valence-electron chi connectivity index (χ2n) is 7.10. The SMILES string of the molecule is CCC(n1cc(-c2ncnc3c2ccn3C)cn1)C1(C)CCNC1. The zero-order valence-electron chi connectivity index (χ0n) is 14.5. The molecule has 1 aliphatic rings. The Morgan fingerprint density at radius 2 is 2.25 bits per heavy atom. The standard InChI is InChI=1S/C18H24N6/c1-4-15(18(2)6-7-19-11-18)24-10-13(9-22-24)16-14-5-8-23(3)17(14)21-12-20-16/h5,8-10,12,15,19H,4,6-7,11H2,1-3H3. The first-order chi connectivity index (χ1) is 11.6. The number of aromatic nitrogens is 5. The van der Waals surface area contributed by atoms with E-state index >= 15 is 0 Å². The van der Waals surface area contributed by atoms with Gasteiger partial charge in [-0.15, -0.1) is 0 Å². The molecule has 126 valence electrons. The minimum absolute atomic E-state index is 0.256. The molecule has 1 fully saturated rings. The van der Waals surface area contributed by atoms with E-state index in [4.69, 9.17) is 0 Å². The van der Waals surface area contributed by atoms with E-state index in [1.165, 1.54) is 6.42 Å². The average Bonchev–Trinajstić information content (AvgIpc) is 3.30. The van der Waals surface area contributed by atoms with Crippen molar-refractivity contribution in [2.24, 2.45) is 12.5 Å². The lowest BCUT2D eigenvalue weighted by molar-refractivity contribution is 0.193. The highest BCUT2D eigenvalue weighted by atomic mass is 15.3. The van der Waals surface area contributed by atoms with Crippen LogP contribution in [-0.4, -0.2) is 37.4 Å². The van der Waals surface area contributed by atoms with Crippen LogP contribution in [0.1, 0.15) is 32.7 Å². The number of fused-ring (bicyclic) bond motifs is 1. The van der Waals surface area contributed by atoms with Crippen molar-refractivity contribution in [2.75, 3.05) is 13.1 Å². The van der Waals surface area contributed by atoms with Gasteiger partial charge in [-0.1, -0.05) is 13.8 Å². The molecule has 4 rings (SSSR count). The zero-order valence-corrected chi connectivity index (χ0v) is 14.5. The molecule has 0 bridgehead atoms. The zero-order chi connectivity index (χ0) is 16.7. The first kappa shape index (κ1) is 15.3. The highest BCUT2D eigenvalue weighted by Crippen LogP contribution is 2.39. The molecular formula is C18H24N6. The second-order valence-corrected chi connectivity index (χ2v) is 7.10. The Labute approximate surface area is 141 Å². The van der Waals surface area contributed by atoms with E-state index in [9.17, 15) is 0 Å². The van der Waals surface area contributed by atoms with Crippen molar-refractivity contribution in [3.63, 3.8) is 0 Å². The maximum absolute atomic E-state index is 4.69. The third kappa shape index (κ3) is 2.33. The van der Waals surface area contributed by atoms with Crippen LogP contribution in [0.2, 0.25) is 0 Å². The highest BCUT2D eigenvalue weighted by Gasteiger charge is 2.37. The van der Waals surface area contributed by atoms with Crippen molar-refractivity contribution in [1.29, 1.82) is 0 Å². The smallest absolute Gasteiger partial charge is 0.143 e. The third-order valence-corrected chi connectivity index (χ3v) is 5.45. The Bertz CT molecular complexity index is 855. The first-order valence-corrected chi connectivity index (χ1v) is 8.63. The van der Waals surface area contributed by atoms with Crippen LogP contribution < -0.4 is 5.32 Å². The molecule has 0 aromatic carbocycles. The third-order valence-electron chi connectivity index (χ3n) is 5.45. The number of hydrogen-bond donors (Lipinski definition) is 1. The van der Waals surface area contributed by atoms with E-state index in [1.807, 2.05) is 24.0 Å². The number of nitrogens with one attached hydrogen (secondary N) is 1. The van der Waals surface area contributed by atoms with Crippen LogP contribution in [0.15, 0.2) is 31.0 Å². The Morgan fingerprint density at radius 1 is 1.38 bits per heavy atom. The van der Waals surface area contributed by atoms with Crippen LogP contribution in [-0.2, 0) is 7.05 Å². The van der Waals surface area contributed by atoms with Gasteiger partial charge in [0.05, 0.1) is 17.9 Å². The molecule has 3 aromatic heterocycles. The van der Waals surface area contributed by atoms with Gasteiger partial charge in [0.25, 0.3) is 0 Å². The summed E-state index contributed by atoms with van der Waals surface area (Å²) in [7, 11) is 2.00. The van der Waals surface area contributed by atoms with Crippen LogP contribution in [0.25, 0.3) is 22.3 Å². The van der Waals surface area contributed by atoms with Crippen molar-refractivity contribution in [3.05, 3.63) is 31.0 Å². The van der Waals surface area contributed by atoms with Gasteiger partial charge < -0.3 is 9.88 Å². The predicted octanol–water partition coefficient (Wildman–Crippen LogP) is 2.78. The normalized spacial score (nSPS) is 22.3. The molecule has 0 amide bonds. The van der Waals surface area contributed by atoms with Crippen LogP contribution in [0, 0.1) is 5.41 Å². The molecule has 1 saturated heterocycles. The van der Waals surface area contributed by atoms with E-state index in [2.05, 4.69) is 51.2 Å². The van der Waals surface area contributed by atoms with Gasteiger partial charge in [0.1, 0.15) is 12.0 Å². The number of hydrogen-bond acceptors (Lipinski definition) is 4. The summed E-state index contributed by atoms with van der Waals surface area (Å²) in [5, 5.41) is 9.26. The van der Waals surface area contributed by atoms with E-state index in [-0.39, 0.29) is 5.41 Å². The van der Waals surface area contributed by atoms with Crippen molar-refractivity contribution in [2.45, 2.75) is 32.7 Å². The summed E-state index contributed by atoms with van der Waals surface area (Å²) in [6.07, 6.45) is 10.00. The van der Waals surface area contributed by atoms with Gasteiger partial charge in [-0.25, -0.2) is 9.97 Å². The van der Waals surface area contributed by atoms with Gasteiger partial charge >= 0.3 is 0 Å². The average molecular weight is 324 g/mol. The molecule has 24 heavy (non-hydrogen) atoms. The Balaban J connectivity index is 1.74. The Kier molecular flexibility index (Phi) is 3.64. The molecule has 4 heterocycles. The molecule has 0 aliphatic carbocycles. The molecule has 1 aliphatic heterocycles. The highest BCUT2D eigenvalue weighted by molar-refractivity contribution is 5.90. The summed E-state index contributed by atoms with van der Waals surface area (Å²) in [6, 6.07) is 2.47. The first-order valence-electron chi connectivity index (χ1n) is 8.63. The number of aryl methyl sites for hydroxylation is 1. The predicted molar refractivity (Wildman–Crippen MR) is 94.7 cm³/mol. The second kappa shape index (κ2) is 5.70. The van der Waals surface area contributed by atoms with Gasteiger partial charge in [0.2, 0.25) is 0 Å². The van der Waals surface area contributed by atoms with Gasteiger partial charge in [-0.3, -0.25) is 4.68 Å². The minimum Gasteiger partial charge on any atom is -0.335 e. The van der Waals surface area contributed by atoms with E-state index in [0.717, 1.165) is 41.8 Å². The Morgan fingerprint density at radius 3 is 3.00 bits per heavy atom. The summed E-state index contributed by atoms with van der Waals surface area (Å²) in [5.41, 5.74) is 3.22. The van der Waals surface area contributed by atoms with Crippen molar-refractivity contribution in [1.82, 2.24) is 29.6 Å². The van der Waals surface area contributed by atoms with Crippen molar-refractivity contribution < 1.29 is 0 Å². The fraction of sp³-hybridized carbons (Fsp3) is 0.500. The van der Waals surface area contributed by atoms with E-state index < -0.39 is 0 Å². The molecule has 0 saturated carbocycles. The molecule has 1 N–H and O–H groups in total. The molecule has 6 heteroatoms. The number of nitrogens with zero attached hydrogens (tertiary/aromatic N) is 5. The maximum Gasteiger partial charge on any atom is 0.143 e. The molecule has 2 atom stereocenters. The fourth-order valence-electron chi connectivity index (χ4n) is 4.06. The van der Waals surface area contributed by atoms with Crippen LogP contribution in [0.4, 0.5) is 0 Å². The van der Waals surface area contributed by atoms with Crippen LogP contribution >= 0.6 is 0 Å². The van der Waals surface area contributed by atoms with Gasteiger partial charge in [0, 0.05) is 42.4 Å². The molecule has 0 spiro atoms. The summed E-state index contributed by atoms with van der Waals surface area (Å²) >= 11 is 0. The van der Waals surface area contributed by atoms with E-state index in [1.54, 1.807) is 6.33 Å². The lowest BCUT2D eigenvalue weighted by Crippen LogP contribution is -2.32. The van der Waals surface area contributed by atoms with Gasteiger partial charge in [0.15, 0.2) is 0 Å². The van der Waals surface area contributed by atoms with Gasteiger partial charge in [-0.2, -0.15) is 5.10 Å². The van der Waals surface area contributed by atoms with Crippen LogP contribution in [0.3, 0.4) is 0 Å². The van der Waals surface area contributed by atoms with Crippen molar-refractivity contribution >= 4 is 11.0 Å². The fourth-order valence-corrected chi connectivity index (χ4v) is 4.06. The molecule has 6 nitrogen and oxygen atoms in total. The monoisotopic (exact) mass is 324 g/mol. The quantitative estimate of drug-likeness (QED) is 0.802. The topological polar surface area (TPSA) is 60.6 Å². The molecule has 2 unspecified atom stereocenters. The van der Waals surface area contributed by atoms with E-state index in [0.29, 0.717) is 6.04 Å². The Hall–Kier alpha value is -2.21. The summed E-state index contributed by atoms with van der Waals surface area (Å²) in [4.78, 5) is 8.89. The summed E-state index contributed by atoms with van der Waals surface area (Å²) in [5.74, 6) is 0. The molecule has 0 radical (unpaired) electrons. The molecule has 3 aromatic rings. The minimum atomic E-state index is 0.256. The summed E-state index contributed by atoms with van der Waals surface area (Å²) < 4.78 is 4.16. The lowest BCUT2D eigenvalue weighted by Gasteiger charge is -2.33. The van der Waals surface area contributed by atoms with Crippen LogP contribution in [0.5, 0.6) is 0 Å². The molecular weight excluding hydrogens is 300 g/mol. The van der Waals surface area contributed by atoms with Gasteiger partial charge in [-0.05, 0) is 25.5 Å². The lowest BCUT2D eigenvalue weighted by atomic mass is 9.80.